The molecule has 0 saturated carbocycles. The molecular weight excluding hydrogens is 338 g/mol. The highest BCUT2D eigenvalue weighted by atomic mass is 16.5. The number of hydrazone groups is 1. The molecule has 27 heavy (non-hydrogen) atoms. The molecule has 136 valence electrons. The fourth-order valence-electron chi connectivity index (χ4n) is 3.53. The third-order valence-corrected chi connectivity index (χ3v) is 4.83. The third-order valence-electron chi connectivity index (χ3n) is 4.83. The van der Waals surface area contributed by atoms with E-state index in [-0.39, 0.29) is 5.91 Å². The van der Waals surface area contributed by atoms with Crippen LogP contribution in [0.4, 0.5) is 11.4 Å². The molecule has 1 amide bonds. The lowest BCUT2D eigenvalue weighted by molar-refractivity contribution is -0.114. The van der Waals surface area contributed by atoms with Crippen LogP contribution in [-0.2, 0) is 4.79 Å². The first-order chi connectivity index (χ1) is 13.1. The fourth-order valence-corrected chi connectivity index (χ4v) is 3.53. The average Bonchev–Trinajstić information content (AvgIpc) is 3.01. The van der Waals surface area contributed by atoms with E-state index in [1.807, 2.05) is 67.6 Å². The molecule has 2 aromatic carbocycles. The van der Waals surface area contributed by atoms with Crippen LogP contribution in [0.15, 0.2) is 71.0 Å². The Morgan fingerprint density at radius 3 is 2.56 bits per heavy atom. The van der Waals surface area contributed by atoms with Crippen LogP contribution in [0, 0.1) is 0 Å². The molecule has 2 aliphatic rings. The largest absolute Gasteiger partial charge is 0.497 e. The number of benzene rings is 2. The van der Waals surface area contributed by atoms with Crippen molar-refractivity contribution in [3.05, 3.63) is 71.4 Å². The van der Waals surface area contributed by atoms with Crippen molar-refractivity contribution in [2.45, 2.75) is 13.8 Å². The second-order valence-electron chi connectivity index (χ2n) is 6.40. The number of rotatable bonds is 3. The number of methoxy groups -OCH3 is 1. The van der Waals surface area contributed by atoms with Gasteiger partial charge in [-0.25, -0.2) is 0 Å². The zero-order valence-electron chi connectivity index (χ0n) is 15.6. The number of hydrogen-bond acceptors (Lipinski definition) is 4. The van der Waals surface area contributed by atoms with Gasteiger partial charge in [0.1, 0.15) is 5.75 Å². The van der Waals surface area contributed by atoms with Gasteiger partial charge < -0.3 is 9.64 Å². The number of fused-ring (bicyclic) bond motifs is 1. The molecule has 0 atom stereocenters. The Bertz CT molecular complexity index is 990. The molecule has 5 heteroatoms. The van der Waals surface area contributed by atoms with Gasteiger partial charge in [-0.1, -0.05) is 24.3 Å². The smallest absolute Gasteiger partial charge is 0.282 e. The van der Waals surface area contributed by atoms with Crippen LogP contribution in [0.1, 0.15) is 19.4 Å². The third kappa shape index (κ3) is 2.81. The van der Waals surface area contributed by atoms with E-state index in [1.165, 1.54) is 5.01 Å². The predicted octanol–water partition coefficient (Wildman–Crippen LogP) is 4.23. The summed E-state index contributed by atoms with van der Waals surface area (Å²) < 4.78 is 5.33. The molecule has 0 bridgehead atoms. The van der Waals surface area contributed by atoms with Crippen LogP contribution in [0.5, 0.6) is 5.75 Å². The van der Waals surface area contributed by atoms with Crippen molar-refractivity contribution in [3.63, 3.8) is 0 Å². The summed E-state index contributed by atoms with van der Waals surface area (Å²) in [5, 5.41) is 5.99. The summed E-state index contributed by atoms with van der Waals surface area (Å²) in [7, 11) is 1.66. The fraction of sp³-hybridized carbons (Fsp3) is 0.182. The first-order valence-corrected chi connectivity index (χ1v) is 8.97. The van der Waals surface area contributed by atoms with Crippen molar-refractivity contribution in [2.75, 3.05) is 23.6 Å². The van der Waals surface area contributed by atoms with E-state index in [2.05, 4.69) is 16.9 Å². The monoisotopic (exact) mass is 359 g/mol. The topological polar surface area (TPSA) is 45.1 Å². The highest BCUT2D eigenvalue weighted by molar-refractivity contribution is 6.30. The standard InChI is InChI=1S/C22H21N3O2/c1-4-24-19-13-11-18(27-3)14-16(19)10-12-20(24)21-15(2)23-25(22(21)26)17-8-6-5-7-9-17/h5-14H,4H2,1-3H3/b21-20-. The van der Waals surface area contributed by atoms with Crippen molar-refractivity contribution >= 4 is 29.1 Å². The van der Waals surface area contributed by atoms with Crippen molar-refractivity contribution < 1.29 is 9.53 Å². The minimum absolute atomic E-state index is 0.103. The SMILES string of the molecule is CCN1/C(=C2\C(=O)N(c3ccccc3)N=C2C)C=Cc2cc(OC)ccc21. The van der Waals surface area contributed by atoms with E-state index >= 15 is 0 Å². The Balaban J connectivity index is 1.79. The van der Waals surface area contributed by atoms with Gasteiger partial charge in [0.2, 0.25) is 0 Å². The Hall–Kier alpha value is -3.34. The number of ether oxygens (including phenoxy) is 1. The normalized spacial score (nSPS) is 18.6. The van der Waals surface area contributed by atoms with Gasteiger partial charge in [0, 0.05) is 17.8 Å². The molecule has 4 rings (SSSR count). The average molecular weight is 359 g/mol. The summed E-state index contributed by atoms with van der Waals surface area (Å²) in [5.41, 5.74) is 5.13. The van der Waals surface area contributed by atoms with Gasteiger partial charge in [0.15, 0.2) is 0 Å². The summed E-state index contributed by atoms with van der Waals surface area (Å²) in [6.07, 6.45) is 4.02. The van der Waals surface area contributed by atoms with Crippen LogP contribution >= 0.6 is 0 Å². The minimum atomic E-state index is -0.103. The molecule has 5 nitrogen and oxygen atoms in total. The molecule has 0 fully saturated rings. The number of allylic oxidation sites excluding steroid dienone is 1. The molecule has 0 radical (unpaired) electrons. The van der Waals surface area contributed by atoms with Gasteiger partial charge in [0.25, 0.3) is 5.91 Å². The first kappa shape index (κ1) is 17.1. The van der Waals surface area contributed by atoms with E-state index in [4.69, 9.17) is 4.74 Å². The van der Waals surface area contributed by atoms with Gasteiger partial charge in [-0.05, 0) is 50.3 Å². The summed E-state index contributed by atoms with van der Waals surface area (Å²) in [5.74, 6) is 0.712. The number of amides is 1. The number of para-hydroxylation sites is 1. The molecule has 0 saturated heterocycles. The molecule has 2 heterocycles. The van der Waals surface area contributed by atoms with Crippen molar-refractivity contribution in [1.29, 1.82) is 0 Å². The van der Waals surface area contributed by atoms with Crippen LogP contribution < -0.4 is 14.6 Å². The van der Waals surface area contributed by atoms with Gasteiger partial charge in [0.05, 0.1) is 29.8 Å². The van der Waals surface area contributed by atoms with E-state index in [9.17, 15) is 4.79 Å². The lowest BCUT2D eigenvalue weighted by Crippen LogP contribution is -2.29. The number of carbonyl (C=O) groups is 1. The van der Waals surface area contributed by atoms with Gasteiger partial charge in [-0.3, -0.25) is 4.79 Å². The molecule has 0 spiro atoms. The Labute approximate surface area is 158 Å². The molecule has 2 aromatic rings. The minimum Gasteiger partial charge on any atom is -0.497 e. The van der Waals surface area contributed by atoms with Gasteiger partial charge >= 0.3 is 0 Å². The van der Waals surface area contributed by atoms with Crippen LogP contribution in [0.3, 0.4) is 0 Å². The van der Waals surface area contributed by atoms with E-state index in [0.29, 0.717) is 5.57 Å². The second kappa shape index (κ2) is 6.76. The Morgan fingerprint density at radius 1 is 1.07 bits per heavy atom. The zero-order chi connectivity index (χ0) is 19.0. The van der Waals surface area contributed by atoms with Crippen molar-refractivity contribution in [2.24, 2.45) is 5.10 Å². The van der Waals surface area contributed by atoms with Crippen LogP contribution in [0.25, 0.3) is 6.08 Å². The number of nitrogens with zero attached hydrogens (tertiary/aromatic N) is 3. The number of likely N-dealkylation sites (N-methyl/N-ethyl adjacent to an activating group) is 1. The summed E-state index contributed by atoms with van der Waals surface area (Å²) in [4.78, 5) is 15.3. The lowest BCUT2D eigenvalue weighted by Gasteiger charge is -2.30. The Morgan fingerprint density at radius 2 is 1.85 bits per heavy atom. The van der Waals surface area contributed by atoms with Crippen LogP contribution in [-0.4, -0.2) is 25.3 Å². The second-order valence-corrected chi connectivity index (χ2v) is 6.40. The summed E-state index contributed by atoms with van der Waals surface area (Å²) >= 11 is 0. The van der Waals surface area contributed by atoms with E-state index in [0.717, 1.165) is 40.6 Å². The highest BCUT2D eigenvalue weighted by Gasteiger charge is 2.33. The first-order valence-electron chi connectivity index (χ1n) is 8.97. The number of anilines is 2. The van der Waals surface area contributed by atoms with Crippen molar-refractivity contribution in [1.82, 2.24) is 0 Å². The zero-order valence-corrected chi connectivity index (χ0v) is 15.6. The maximum atomic E-state index is 13.2. The maximum Gasteiger partial charge on any atom is 0.282 e. The molecular formula is C22H21N3O2. The van der Waals surface area contributed by atoms with Crippen molar-refractivity contribution in [3.8, 4) is 5.75 Å². The van der Waals surface area contributed by atoms with E-state index < -0.39 is 0 Å². The summed E-state index contributed by atoms with van der Waals surface area (Å²) in [6.45, 7) is 4.71. The molecule has 0 aliphatic carbocycles. The molecule has 0 unspecified atom stereocenters. The highest BCUT2D eigenvalue weighted by Crippen LogP contribution is 2.36. The van der Waals surface area contributed by atoms with E-state index in [1.54, 1.807) is 7.11 Å². The quantitative estimate of drug-likeness (QED) is 0.771. The summed E-state index contributed by atoms with van der Waals surface area (Å²) in [6, 6.07) is 15.5. The van der Waals surface area contributed by atoms with Gasteiger partial charge in [-0.2, -0.15) is 10.1 Å². The maximum absolute atomic E-state index is 13.2. The number of hydrogen-bond donors (Lipinski definition) is 0. The molecule has 2 aliphatic heterocycles. The van der Waals surface area contributed by atoms with Gasteiger partial charge in [-0.15, -0.1) is 0 Å². The number of carbonyl (C=O) groups excluding carboxylic acids is 1. The Kier molecular flexibility index (Phi) is 4.28. The molecule has 0 N–H and O–H groups in total. The predicted molar refractivity (Wildman–Crippen MR) is 109 cm³/mol. The van der Waals surface area contributed by atoms with Crippen LogP contribution in [0.2, 0.25) is 0 Å². The molecule has 0 aromatic heterocycles. The lowest BCUT2D eigenvalue weighted by atomic mass is 10.0.